The van der Waals surface area contributed by atoms with Crippen molar-refractivity contribution in [3.05, 3.63) is 77.8 Å². The largest absolute Gasteiger partial charge is 0.493 e. The van der Waals surface area contributed by atoms with Gasteiger partial charge in [-0.1, -0.05) is 35.9 Å². The van der Waals surface area contributed by atoms with Crippen molar-refractivity contribution in [3.63, 3.8) is 0 Å². The second-order valence-corrected chi connectivity index (χ2v) is 8.72. The third kappa shape index (κ3) is 5.28. The van der Waals surface area contributed by atoms with Gasteiger partial charge in [-0.3, -0.25) is 9.10 Å². The first-order chi connectivity index (χ1) is 14.8. The Morgan fingerprint density at radius 3 is 2.29 bits per heavy atom. The predicted octanol–water partition coefficient (Wildman–Crippen LogP) is 4.19. The lowest BCUT2D eigenvalue weighted by molar-refractivity contribution is -0.114. The molecule has 31 heavy (non-hydrogen) atoms. The van der Waals surface area contributed by atoms with E-state index in [0.29, 0.717) is 22.2 Å². The first-order valence-corrected chi connectivity index (χ1v) is 11.0. The molecule has 0 aliphatic carbocycles. The summed E-state index contributed by atoms with van der Waals surface area (Å²) < 4.78 is 38.3. The van der Waals surface area contributed by atoms with Gasteiger partial charge in [-0.2, -0.15) is 0 Å². The Kier molecular flexibility index (Phi) is 7.04. The molecule has 7 nitrogen and oxygen atoms in total. The number of carbonyl (C=O) groups excluding carboxylic acids is 1. The summed E-state index contributed by atoms with van der Waals surface area (Å²) in [6.45, 7) is -0.459. The van der Waals surface area contributed by atoms with Crippen molar-refractivity contribution in [3.8, 4) is 11.5 Å². The molecule has 9 heteroatoms. The molecule has 0 aliphatic heterocycles. The molecule has 0 atom stereocenters. The number of sulfonamides is 1. The fourth-order valence-electron chi connectivity index (χ4n) is 2.91. The average Bonchev–Trinajstić information content (AvgIpc) is 2.77. The van der Waals surface area contributed by atoms with Gasteiger partial charge < -0.3 is 14.8 Å². The quantitative estimate of drug-likeness (QED) is 0.544. The van der Waals surface area contributed by atoms with Crippen molar-refractivity contribution in [2.45, 2.75) is 4.90 Å². The summed E-state index contributed by atoms with van der Waals surface area (Å²) in [4.78, 5) is 12.8. The number of nitrogens with zero attached hydrogens (tertiary/aromatic N) is 1. The van der Waals surface area contributed by atoms with E-state index in [1.807, 2.05) is 0 Å². The Morgan fingerprint density at radius 1 is 0.935 bits per heavy atom. The Morgan fingerprint density at radius 2 is 1.65 bits per heavy atom. The highest BCUT2D eigenvalue weighted by atomic mass is 35.5. The van der Waals surface area contributed by atoms with Crippen LogP contribution in [-0.2, 0) is 14.8 Å². The van der Waals surface area contributed by atoms with Crippen molar-refractivity contribution >= 4 is 38.9 Å². The molecule has 0 fully saturated rings. The summed E-state index contributed by atoms with van der Waals surface area (Å²) in [5.41, 5.74) is 0.713. The Hall–Kier alpha value is -3.23. The highest BCUT2D eigenvalue weighted by molar-refractivity contribution is 7.92. The van der Waals surface area contributed by atoms with Crippen molar-refractivity contribution in [1.29, 1.82) is 0 Å². The van der Waals surface area contributed by atoms with Crippen LogP contribution in [-0.4, -0.2) is 35.1 Å². The minimum Gasteiger partial charge on any atom is -0.493 e. The van der Waals surface area contributed by atoms with Crippen molar-refractivity contribution in [2.24, 2.45) is 0 Å². The topological polar surface area (TPSA) is 84.9 Å². The summed E-state index contributed by atoms with van der Waals surface area (Å²) in [7, 11) is -1.12. The normalized spacial score (nSPS) is 10.9. The third-order valence-electron chi connectivity index (χ3n) is 4.38. The second kappa shape index (κ2) is 9.72. The van der Waals surface area contributed by atoms with Crippen molar-refractivity contribution < 1.29 is 22.7 Å². The molecule has 1 amide bonds. The number of ether oxygens (including phenoxy) is 2. The van der Waals surface area contributed by atoms with Crippen LogP contribution in [0.5, 0.6) is 11.5 Å². The number of hydrogen-bond acceptors (Lipinski definition) is 5. The molecule has 3 aromatic carbocycles. The van der Waals surface area contributed by atoms with E-state index in [9.17, 15) is 13.2 Å². The average molecular weight is 461 g/mol. The number of nitrogens with one attached hydrogen (secondary N) is 1. The summed E-state index contributed by atoms with van der Waals surface area (Å²) in [6.07, 6.45) is 0. The Labute approximate surface area is 186 Å². The molecular formula is C22H21ClN2O5S. The van der Waals surface area contributed by atoms with Crippen LogP contribution in [0.3, 0.4) is 0 Å². The van der Waals surface area contributed by atoms with E-state index in [1.54, 1.807) is 54.6 Å². The van der Waals surface area contributed by atoms with Gasteiger partial charge in [0.05, 0.1) is 24.8 Å². The van der Waals surface area contributed by atoms with Gasteiger partial charge in [-0.15, -0.1) is 0 Å². The predicted molar refractivity (Wildman–Crippen MR) is 121 cm³/mol. The maximum atomic E-state index is 13.4. The molecule has 3 aromatic rings. The molecule has 0 bridgehead atoms. The molecule has 0 aliphatic rings. The number of anilines is 2. The van der Waals surface area contributed by atoms with E-state index in [4.69, 9.17) is 21.1 Å². The molecule has 0 unspecified atom stereocenters. The van der Waals surface area contributed by atoms with Gasteiger partial charge in [0.15, 0.2) is 11.5 Å². The molecule has 0 spiro atoms. The van der Waals surface area contributed by atoms with E-state index < -0.39 is 22.5 Å². The van der Waals surface area contributed by atoms with Gasteiger partial charge >= 0.3 is 0 Å². The highest BCUT2D eigenvalue weighted by Crippen LogP contribution is 2.33. The lowest BCUT2D eigenvalue weighted by atomic mass is 10.2. The Bertz CT molecular complexity index is 1170. The molecule has 0 heterocycles. The summed E-state index contributed by atoms with van der Waals surface area (Å²) >= 11 is 5.96. The number of amides is 1. The van der Waals surface area contributed by atoms with Gasteiger partial charge in [0.2, 0.25) is 5.91 Å². The first kappa shape index (κ1) is 22.5. The lowest BCUT2D eigenvalue weighted by Crippen LogP contribution is -2.38. The molecule has 162 valence electrons. The van der Waals surface area contributed by atoms with E-state index in [0.717, 1.165) is 4.31 Å². The number of carbonyl (C=O) groups is 1. The fourth-order valence-corrected chi connectivity index (χ4v) is 4.54. The third-order valence-corrected chi connectivity index (χ3v) is 6.41. The zero-order chi connectivity index (χ0) is 22.4. The van der Waals surface area contributed by atoms with Crippen LogP contribution < -0.4 is 19.1 Å². The van der Waals surface area contributed by atoms with Crippen molar-refractivity contribution in [1.82, 2.24) is 0 Å². The smallest absolute Gasteiger partial charge is 0.264 e. The molecule has 1 N–H and O–H groups in total. The SMILES string of the molecule is COc1ccc(N(CC(=O)Nc2cccc(Cl)c2)S(=O)(=O)c2ccccc2)cc1OC. The monoisotopic (exact) mass is 460 g/mol. The number of methoxy groups -OCH3 is 2. The summed E-state index contributed by atoms with van der Waals surface area (Å²) in [6, 6.07) is 19.1. The van der Waals surface area contributed by atoms with Gasteiger partial charge in [-0.05, 0) is 42.5 Å². The van der Waals surface area contributed by atoms with Crippen LogP contribution in [0.1, 0.15) is 0 Å². The molecule has 0 saturated carbocycles. The zero-order valence-corrected chi connectivity index (χ0v) is 18.5. The molecule has 0 radical (unpaired) electrons. The minimum atomic E-state index is -4.04. The number of hydrogen-bond donors (Lipinski definition) is 1. The Balaban J connectivity index is 1.99. The maximum Gasteiger partial charge on any atom is 0.264 e. The first-order valence-electron chi connectivity index (χ1n) is 9.20. The minimum absolute atomic E-state index is 0.0559. The molecular weight excluding hydrogens is 440 g/mol. The van der Waals surface area contributed by atoms with E-state index in [-0.39, 0.29) is 10.6 Å². The van der Waals surface area contributed by atoms with Gasteiger partial charge in [0.1, 0.15) is 6.54 Å². The highest BCUT2D eigenvalue weighted by Gasteiger charge is 2.28. The van der Waals surface area contributed by atoms with E-state index in [2.05, 4.69) is 5.32 Å². The second-order valence-electron chi connectivity index (χ2n) is 6.42. The van der Waals surface area contributed by atoms with E-state index in [1.165, 1.54) is 32.4 Å². The molecule has 3 rings (SSSR count). The summed E-state index contributed by atoms with van der Waals surface area (Å²) in [5.74, 6) is 0.242. The van der Waals surface area contributed by atoms with Crippen LogP contribution in [0.2, 0.25) is 5.02 Å². The number of halogens is 1. The fraction of sp³-hybridized carbons (Fsp3) is 0.136. The van der Waals surface area contributed by atoms with Crippen LogP contribution in [0.15, 0.2) is 77.7 Å². The zero-order valence-electron chi connectivity index (χ0n) is 16.9. The van der Waals surface area contributed by atoms with Crippen molar-refractivity contribution in [2.75, 3.05) is 30.4 Å². The molecule has 0 saturated heterocycles. The van der Waals surface area contributed by atoms with Crippen LogP contribution in [0.4, 0.5) is 11.4 Å². The lowest BCUT2D eigenvalue weighted by Gasteiger charge is -2.25. The molecule has 0 aromatic heterocycles. The number of rotatable bonds is 8. The maximum absolute atomic E-state index is 13.4. The van der Waals surface area contributed by atoms with Gasteiger partial charge in [-0.25, -0.2) is 8.42 Å². The summed E-state index contributed by atoms with van der Waals surface area (Å²) in [5, 5.41) is 3.12. The van der Waals surface area contributed by atoms with Gasteiger partial charge in [0, 0.05) is 16.8 Å². The van der Waals surface area contributed by atoms with Crippen LogP contribution in [0, 0.1) is 0 Å². The van der Waals surface area contributed by atoms with E-state index >= 15 is 0 Å². The van der Waals surface area contributed by atoms with Crippen LogP contribution >= 0.6 is 11.6 Å². The standard InChI is InChI=1S/C22H21ClN2O5S/c1-29-20-12-11-18(14-21(20)30-2)25(31(27,28)19-9-4-3-5-10-19)15-22(26)24-17-8-6-7-16(23)13-17/h3-14H,15H2,1-2H3,(H,24,26). The van der Waals surface area contributed by atoms with Crippen LogP contribution in [0.25, 0.3) is 0 Å². The number of benzene rings is 3. The van der Waals surface area contributed by atoms with Gasteiger partial charge in [0.25, 0.3) is 10.0 Å².